The molecule has 2 nitrogen and oxygen atoms in total. The molecule has 0 saturated carbocycles. The highest BCUT2D eigenvalue weighted by molar-refractivity contribution is 9.11. The number of nitrogen functional groups attached to an aromatic ring is 1. The highest BCUT2D eigenvalue weighted by Crippen LogP contribution is 2.24. The quantitative estimate of drug-likeness (QED) is 0.843. The van der Waals surface area contributed by atoms with Gasteiger partial charge in [-0.15, -0.1) is 11.3 Å². The molecule has 0 fully saturated rings. The SMILES string of the molecule is Nc1ccccc1NCc1ccc(Br)s1. The van der Waals surface area contributed by atoms with Gasteiger partial charge in [-0.2, -0.15) is 0 Å². The van der Waals surface area contributed by atoms with Gasteiger partial charge in [0.2, 0.25) is 0 Å². The van der Waals surface area contributed by atoms with Gasteiger partial charge < -0.3 is 11.1 Å². The van der Waals surface area contributed by atoms with Gasteiger partial charge in [-0.3, -0.25) is 0 Å². The molecule has 1 aromatic carbocycles. The summed E-state index contributed by atoms with van der Waals surface area (Å²) in [4.78, 5) is 1.28. The van der Waals surface area contributed by atoms with Crippen LogP contribution in [0.4, 0.5) is 11.4 Å². The molecule has 0 unspecified atom stereocenters. The molecule has 4 heteroatoms. The number of anilines is 2. The largest absolute Gasteiger partial charge is 0.397 e. The molecular weight excluding hydrogens is 272 g/mol. The summed E-state index contributed by atoms with van der Waals surface area (Å²) >= 11 is 5.17. The first kappa shape index (κ1) is 10.5. The summed E-state index contributed by atoms with van der Waals surface area (Å²) in [6.45, 7) is 0.810. The number of thiophene rings is 1. The van der Waals surface area contributed by atoms with Crippen LogP contribution in [0.3, 0.4) is 0 Å². The van der Waals surface area contributed by atoms with E-state index >= 15 is 0 Å². The predicted octanol–water partition coefficient (Wildman–Crippen LogP) is 3.70. The van der Waals surface area contributed by atoms with Gasteiger partial charge in [0.05, 0.1) is 15.2 Å². The number of hydrogen-bond acceptors (Lipinski definition) is 3. The van der Waals surface area contributed by atoms with E-state index in [1.807, 2.05) is 24.3 Å². The second-order valence-electron chi connectivity index (χ2n) is 3.15. The summed E-state index contributed by atoms with van der Waals surface area (Å²) in [5.41, 5.74) is 7.59. The van der Waals surface area contributed by atoms with Crippen molar-refractivity contribution in [2.45, 2.75) is 6.54 Å². The highest BCUT2D eigenvalue weighted by Gasteiger charge is 1.99. The second-order valence-corrected chi connectivity index (χ2v) is 5.69. The molecule has 15 heavy (non-hydrogen) atoms. The van der Waals surface area contributed by atoms with Crippen LogP contribution in [0.15, 0.2) is 40.2 Å². The second kappa shape index (κ2) is 4.68. The van der Waals surface area contributed by atoms with Gasteiger partial charge in [0.1, 0.15) is 0 Å². The lowest BCUT2D eigenvalue weighted by Crippen LogP contribution is -2.00. The fourth-order valence-electron chi connectivity index (χ4n) is 1.29. The molecule has 0 aliphatic rings. The molecule has 2 aromatic rings. The third kappa shape index (κ3) is 2.73. The van der Waals surface area contributed by atoms with Crippen LogP contribution in [0.25, 0.3) is 0 Å². The number of nitrogens with two attached hydrogens (primary N) is 1. The maximum Gasteiger partial charge on any atom is 0.0702 e. The van der Waals surface area contributed by atoms with Gasteiger partial charge in [-0.05, 0) is 40.2 Å². The molecule has 2 rings (SSSR count). The van der Waals surface area contributed by atoms with E-state index in [9.17, 15) is 0 Å². The summed E-state index contributed by atoms with van der Waals surface area (Å²) < 4.78 is 1.15. The van der Waals surface area contributed by atoms with Crippen molar-refractivity contribution in [3.63, 3.8) is 0 Å². The van der Waals surface area contributed by atoms with Crippen molar-refractivity contribution in [3.05, 3.63) is 45.1 Å². The number of para-hydroxylation sites is 2. The van der Waals surface area contributed by atoms with E-state index in [4.69, 9.17) is 5.73 Å². The van der Waals surface area contributed by atoms with E-state index in [1.54, 1.807) is 11.3 Å². The van der Waals surface area contributed by atoms with Crippen LogP contribution in [0, 0.1) is 0 Å². The summed E-state index contributed by atoms with van der Waals surface area (Å²) in [7, 11) is 0. The zero-order valence-corrected chi connectivity index (χ0v) is 10.4. The summed E-state index contributed by atoms with van der Waals surface area (Å²) in [5.74, 6) is 0. The minimum Gasteiger partial charge on any atom is -0.397 e. The predicted molar refractivity (Wildman–Crippen MR) is 70.2 cm³/mol. The Morgan fingerprint density at radius 2 is 2.00 bits per heavy atom. The Kier molecular flexibility index (Phi) is 3.28. The van der Waals surface area contributed by atoms with E-state index in [0.29, 0.717) is 0 Å². The third-order valence-electron chi connectivity index (χ3n) is 2.04. The van der Waals surface area contributed by atoms with Crippen LogP contribution >= 0.6 is 27.3 Å². The standard InChI is InChI=1S/C11H11BrN2S/c12-11-6-5-8(15-11)7-14-10-4-2-1-3-9(10)13/h1-6,14H,7,13H2. The Hall–Kier alpha value is -1.000. The van der Waals surface area contributed by atoms with Crippen LogP contribution in [0.1, 0.15) is 4.88 Å². The van der Waals surface area contributed by atoms with Gasteiger partial charge in [0.15, 0.2) is 0 Å². The molecule has 78 valence electrons. The Balaban J connectivity index is 2.02. The van der Waals surface area contributed by atoms with Crippen LogP contribution in [-0.2, 0) is 6.54 Å². The molecule has 0 radical (unpaired) electrons. The fraction of sp³-hybridized carbons (Fsp3) is 0.0909. The molecule has 1 aromatic heterocycles. The van der Waals surface area contributed by atoms with Crippen LogP contribution in [0.5, 0.6) is 0 Å². The van der Waals surface area contributed by atoms with Crippen LogP contribution in [-0.4, -0.2) is 0 Å². The smallest absolute Gasteiger partial charge is 0.0702 e. The van der Waals surface area contributed by atoms with Gasteiger partial charge in [0.25, 0.3) is 0 Å². The Labute approximate surface area is 101 Å². The topological polar surface area (TPSA) is 38.0 Å². The Bertz CT molecular complexity index is 453. The van der Waals surface area contributed by atoms with E-state index in [2.05, 4.69) is 33.4 Å². The highest BCUT2D eigenvalue weighted by atomic mass is 79.9. The van der Waals surface area contributed by atoms with Crippen molar-refractivity contribution in [1.82, 2.24) is 0 Å². The average Bonchev–Trinajstić information content (AvgIpc) is 2.63. The number of halogens is 1. The van der Waals surface area contributed by atoms with Gasteiger partial charge in [0, 0.05) is 11.4 Å². The molecule has 0 saturated heterocycles. The summed E-state index contributed by atoms with van der Waals surface area (Å²) in [5, 5.41) is 3.31. The first-order valence-corrected chi connectivity index (χ1v) is 6.19. The number of benzene rings is 1. The molecule has 3 N–H and O–H groups in total. The van der Waals surface area contributed by atoms with Crippen molar-refractivity contribution in [3.8, 4) is 0 Å². The lowest BCUT2D eigenvalue weighted by atomic mass is 10.2. The third-order valence-corrected chi connectivity index (χ3v) is 3.67. The normalized spacial score (nSPS) is 10.2. The number of hydrogen-bond donors (Lipinski definition) is 2. The first-order chi connectivity index (χ1) is 7.25. The average molecular weight is 283 g/mol. The van der Waals surface area contributed by atoms with Crippen molar-refractivity contribution < 1.29 is 0 Å². The lowest BCUT2D eigenvalue weighted by molar-refractivity contribution is 1.19. The van der Waals surface area contributed by atoms with E-state index in [-0.39, 0.29) is 0 Å². The molecule has 0 bridgehead atoms. The summed E-state index contributed by atoms with van der Waals surface area (Å²) in [6.07, 6.45) is 0. The molecule has 0 spiro atoms. The number of nitrogens with one attached hydrogen (secondary N) is 1. The molecule has 0 amide bonds. The van der Waals surface area contributed by atoms with E-state index < -0.39 is 0 Å². The Morgan fingerprint density at radius 1 is 1.20 bits per heavy atom. The van der Waals surface area contributed by atoms with Crippen molar-refractivity contribution in [2.75, 3.05) is 11.1 Å². The summed E-state index contributed by atoms with van der Waals surface area (Å²) in [6, 6.07) is 11.9. The minimum atomic E-state index is 0.785. The molecule has 0 aliphatic carbocycles. The lowest BCUT2D eigenvalue weighted by Gasteiger charge is -2.07. The Morgan fingerprint density at radius 3 is 2.67 bits per heavy atom. The molecule has 0 atom stereocenters. The maximum atomic E-state index is 5.82. The van der Waals surface area contributed by atoms with Crippen molar-refractivity contribution in [2.24, 2.45) is 0 Å². The molecular formula is C11H11BrN2S. The maximum absolute atomic E-state index is 5.82. The fourth-order valence-corrected chi connectivity index (χ4v) is 2.71. The number of rotatable bonds is 3. The minimum absolute atomic E-state index is 0.785. The van der Waals surface area contributed by atoms with Crippen molar-refractivity contribution in [1.29, 1.82) is 0 Å². The molecule has 0 aliphatic heterocycles. The zero-order valence-electron chi connectivity index (χ0n) is 8.03. The van der Waals surface area contributed by atoms with E-state index in [1.165, 1.54) is 4.88 Å². The van der Waals surface area contributed by atoms with Crippen molar-refractivity contribution >= 4 is 38.6 Å². The molecule has 1 heterocycles. The monoisotopic (exact) mass is 282 g/mol. The van der Waals surface area contributed by atoms with Gasteiger partial charge in [-0.1, -0.05) is 12.1 Å². The van der Waals surface area contributed by atoms with E-state index in [0.717, 1.165) is 21.7 Å². The van der Waals surface area contributed by atoms with Gasteiger partial charge in [-0.25, -0.2) is 0 Å². The van der Waals surface area contributed by atoms with Crippen LogP contribution in [0.2, 0.25) is 0 Å². The van der Waals surface area contributed by atoms with Crippen LogP contribution < -0.4 is 11.1 Å². The zero-order chi connectivity index (χ0) is 10.7. The van der Waals surface area contributed by atoms with Gasteiger partial charge >= 0.3 is 0 Å². The first-order valence-electron chi connectivity index (χ1n) is 4.58.